The molecule has 1 aliphatic rings. The van der Waals surface area contributed by atoms with E-state index in [-0.39, 0.29) is 5.57 Å². The number of aromatic nitrogens is 1. The van der Waals surface area contributed by atoms with Crippen LogP contribution in [0.25, 0.3) is 27.8 Å². The molecule has 6 nitrogen and oxygen atoms in total. The monoisotopic (exact) mass is 499 g/mol. The second-order valence-corrected chi connectivity index (χ2v) is 9.35. The highest BCUT2D eigenvalue weighted by atomic mass is 16.2. The number of benzene rings is 4. The molecule has 1 aromatic heterocycles. The van der Waals surface area contributed by atoms with Gasteiger partial charge in [0.15, 0.2) is 0 Å². The van der Waals surface area contributed by atoms with Crippen LogP contribution in [-0.2, 0) is 22.6 Å². The predicted octanol–water partition coefficient (Wildman–Crippen LogP) is 6.07. The summed E-state index contributed by atoms with van der Waals surface area (Å²) in [6.45, 7) is 2.66. The van der Waals surface area contributed by atoms with Gasteiger partial charge in [0.05, 0.1) is 5.69 Å². The van der Waals surface area contributed by atoms with Gasteiger partial charge in [-0.2, -0.15) is 0 Å². The van der Waals surface area contributed by atoms with Crippen LogP contribution in [0.15, 0.2) is 103 Å². The van der Waals surface area contributed by atoms with Crippen molar-refractivity contribution in [2.24, 2.45) is 0 Å². The molecule has 1 N–H and O–H groups in total. The maximum Gasteiger partial charge on any atom is 0.335 e. The van der Waals surface area contributed by atoms with Crippen LogP contribution in [0.4, 0.5) is 10.5 Å². The summed E-state index contributed by atoms with van der Waals surface area (Å²) in [4.78, 5) is 39.9. The number of nitrogens with zero attached hydrogens (tertiary/aromatic N) is 2. The highest BCUT2D eigenvalue weighted by Gasteiger charge is 2.37. The molecule has 2 heterocycles. The topological polar surface area (TPSA) is 71.4 Å². The first-order valence-corrected chi connectivity index (χ1v) is 12.6. The molecule has 0 spiro atoms. The van der Waals surface area contributed by atoms with Gasteiger partial charge in [-0.25, -0.2) is 9.69 Å². The third kappa shape index (κ3) is 4.06. The van der Waals surface area contributed by atoms with Crippen LogP contribution in [0.5, 0.6) is 0 Å². The summed E-state index contributed by atoms with van der Waals surface area (Å²) in [6.07, 6.45) is 4.38. The van der Waals surface area contributed by atoms with Crippen LogP contribution in [0.2, 0.25) is 0 Å². The normalized spacial score (nSPS) is 15.0. The molecule has 0 aliphatic carbocycles. The average Bonchev–Trinajstić information content (AvgIpc) is 3.28. The van der Waals surface area contributed by atoms with Crippen LogP contribution in [0, 0.1) is 0 Å². The Bertz CT molecular complexity index is 1760. The number of barbiturate groups is 1. The molecule has 4 amide bonds. The summed E-state index contributed by atoms with van der Waals surface area (Å²) in [7, 11) is 0. The van der Waals surface area contributed by atoms with E-state index in [2.05, 4.69) is 40.2 Å². The summed E-state index contributed by atoms with van der Waals surface area (Å²) in [6, 6.07) is 28.9. The third-order valence-electron chi connectivity index (χ3n) is 7.04. The zero-order valence-corrected chi connectivity index (χ0v) is 20.8. The highest BCUT2D eigenvalue weighted by Crippen LogP contribution is 2.28. The minimum Gasteiger partial charge on any atom is -0.342 e. The number of rotatable bonds is 5. The van der Waals surface area contributed by atoms with E-state index in [9.17, 15) is 14.4 Å². The van der Waals surface area contributed by atoms with Gasteiger partial charge in [-0.15, -0.1) is 0 Å². The minimum atomic E-state index is -0.750. The van der Waals surface area contributed by atoms with E-state index in [4.69, 9.17) is 0 Å². The number of hydrogen-bond acceptors (Lipinski definition) is 3. The maximum atomic E-state index is 13.5. The summed E-state index contributed by atoms with van der Waals surface area (Å²) in [5.41, 5.74) is 4.30. The fraction of sp³-hybridized carbons (Fsp3) is 0.0938. The van der Waals surface area contributed by atoms with Crippen molar-refractivity contribution in [3.8, 4) is 0 Å². The molecular formula is C32H25N3O3. The lowest BCUT2D eigenvalue weighted by Gasteiger charge is -2.26. The van der Waals surface area contributed by atoms with Crippen molar-refractivity contribution in [3.63, 3.8) is 0 Å². The van der Waals surface area contributed by atoms with E-state index >= 15 is 0 Å². The molecule has 5 aromatic rings. The number of imide groups is 2. The van der Waals surface area contributed by atoms with E-state index in [0.717, 1.165) is 33.4 Å². The highest BCUT2D eigenvalue weighted by molar-refractivity contribution is 6.39. The first-order valence-electron chi connectivity index (χ1n) is 12.6. The second-order valence-electron chi connectivity index (χ2n) is 9.35. The SMILES string of the molecule is CCc1ccc(N2C(=O)NC(=O)C(=Cc3cn(Cc4cccc5ccccc45)c4ccccc34)C2=O)cc1. The summed E-state index contributed by atoms with van der Waals surface area (Å²) >= 11 is 0. The van der Waals surface area contributed by atoms with E-state index in [1.165, 1.54) is 16.3 Å². The molecular weight excluding hydrogens is 474 g/mol. The van der Waals surface area contributed by atoms with Crippen molar-refractivity contribution in [2.75, 3.05) is 4.90 Å². The van der Waals surface area contributed by atoms with Crippen LogP contribution in [0.1, 0.15) is 23.6 Å². The Labute approximate surface area is 219 Å². The Hall–Kier alpha value is -4.97. The van der Waals surface area contributed by atoms with Gasteiger partial charge in [-0.3, -0.25) is 14.9 Å². The largest absolute Gasteiger partial charge is 0.342 e. The van der Waals surface area contributed by atoms with Crippen molar-refractivity contribution in [1.82, 2.24) is 9.88 Å². The summed E-state index contributed by atoms with van der Waals surface area (Å²) in [5, 5.41) is 5.59. The number of nitrogens with one attached hydrogen (secondary N) is 1. The molecule has 38 heavy (non-hydrogen) atoms. The van der Waals surface area contributed by atoms with Gasteiger partial charge in [0, 0.05) is 29.2 Å². The standard InChI is InChI=1S/C32H25N3O3/c1-2-21-14-16-25(17-15-21)35-31(37)28(30(36)33-32(35)38)18-24-20-34(29-13-6-5-12-27(24)29)19-23-10-7-9-22-8-3-4-11-26(22)23/h3-18,20H,2,19H2,1H3,(H,33,36,38). The molecule has 6 heteroatoms. The Morgan fingerprint density at radius 2 is 1.50 bits per heavy atom. The number of aryl methyl sites for hydroxylation is 1. The van der Waals surface area contributed by atoms with Crippen LogP contribution < -0.4 is 10.2 Å². The Kier molecular flexibility index (Phi) is 5.85. The first kappa shape index (κ1) is 23.4. The Balaban J connectivity index is 1.41. The van der Waals surface area contributed by atoms with E-state index in [0.29, 0.717) is 12.2 Å². The zero-order chi connectivity index (χ0) is 26.2. The molecule has 0 unspecified atom stereocenters. The quantitative estimate of drug-likeness (QED) is 0.236. The summed E-state index contributed by atoms with van der Waals surface area (Å²) < 4.78 is 2.13. The van der Waals surface area contributed by atoms with Crippen LogP contribution in [-0.4, -0.2) is 22.4 Å². The van der Waals surface area contributed by atoms with Gasteiger partial charge in [0.1, 0.15) is 5.57 Å². The molecule has 1 aliphatic heterocycles. The molecule has 1 saturated heterocycles. The molecule has 1 fully saturated rings. The zero-order valence-electron chi connectivity index (χ0n) is 20.8. The molecule has 186 valence electrons. The van der Waals surface area contributed by atoms with Crippen molar-refractivity contribution in [3.05, 3.63) is 119 Å². The number of hydrogen-bond donors (Lipinski definition) is 1. The van der Waals surface area contributed by atoms with Crippen LogP contribution >= 0.6 is 0 Å². The maximum absolute atomic E-state index is 13.5. The first-order chi connectivity index (χ1) is 18.5. The second kappa shape index (κ2) is 9.48. The number of carbonyl (C=O) groups excluding carboxylic acids is 3. The van der Waals surface area contributed by atoms with Crippen molar-refractivity contribution < 1.29 is 14.4 Å². The minimum absolute atomic E-state index is 0.0859. The fourth-order valence-electron chi connectivity index (χ4n) is 5.06. The molecule has 0 saturated carbocycles. The van der Waals surface area contributed by atoms with Gasteiger partial charge in [0.2, 0.25) is 0 Å². The number of fused-ring (bicyclic) bond motifs is 2. The number of anilines is 1. The molecule has 0 atom stereocenters. The fourth-order valence-corrected chi connectivity index (χ4v) is 5.06. The van der Waals surface area contributed by atoms with Gasteiger partial charge in [0.25, 0.3) is 11.8 Å². The lowest BCUT2D eigenvalue weighted by molar-refractivity contribution is -0.122. The smallest absolute Gasteiger partial charge is 0.335 e. The van der Waals surface area contributed by atoms with Crippen molar-refractivity contribution >= 4 is 51.3 Å². The van der Waals surface area contributed by atoms with E-state index < -0.39 is 17.8 Å². The van der Waals surface area contributed by atoms with E-state index in [1.54, 1.807) is 18.2 Å². The van der Waals surface area contributed by atoms with Crippen LogP contribution in [0.3, 0.4) is 0 Å². The molecule has 0 radical (unpaired) electrons. The van der Waals surface area contributed by atoms with Crippen molar-refractivity contribution in [1.29, 1.82) is 0 Å². The van der Waals surface area contributed by atoms with Gasteiger partial charge >= 0.3 is 6.03 Å². The predicted molar refractivity (Wildman–Crippen MR) is 150 cm³/mol. The number of amides is 4. The van der Waals surface area contributed by atoms with Crippen molar-refractivity contribution in [2.45, 2.75) is 19.9 Å². The molecule has 0 bridgehead atoms. The van der Waals surface area contributed by atoms with Gasteiger partial charge in [-0.05, 0) is 52.6 Å². The molecule has 4 aromatic carbocycles. The number of urea groups is 1. The Morgan fingerprint density at radius 3 is 2.29 bits per heavy atom. The van der Waals surface area contributed by atoms with Gasteiger partial charge in [-0.1, -0.05) is 79.7 Å². The van der Waals surface area contributed by atoms with E-state index in [1.807, 2.05) is 61.7 Å². The lowest BCUT2D eigenvalue weighted by Crippen LogP contribution is -2.54. The number of carbonyl (C=O) groups is 3. The Morgan fingerprint density at radius 1 is 0.789 bits per heavy atom. The van der Waals surface area contributed by atoms with Gasteiger partial charge < -0.3 is 4.57 Å². The average molecular weight is 500 g/mol. The number of para-hydroxylation sites is 1. The third-order valence-corrected chi connectivity index (χ3v) is 7.04. The lowest BCUT2D eigenvalue weighted by atomic mass is 10.0. The summed E-state index contributed by atoms with van der Waals surface area (Å²) in [5.74, 6) is -1.35. The molecule has 6 rings (SSSR count).